The lowest BCUT2D eigenvalue weighted by Gasteiger charge is -2.22. The Bertz CT molecular complexity index is 1270. The van der Waals surface area contributed by atoms with Gasteiger partial charge in [0.25, 0.3) is 0 Å². The van der Waals surface area contributed by atoms with Crippen molar-refractivity contribution in [3.05, 3.63) is 101 Å². The first-order chi connectivity index (χ1) is 17.4. The number of carboxylic acids is 1. The number of carbonyl (C=O) groups excluding carboxylic acids is 2. The van der Waals surface area contributed by atoms with Crippen molar-refractivity contribution in [1.29, 1.82) is 0 Å². The first-order valence-corrected chi connectivity index (χ1v) is 11.9. The second kappa shape index (κ2) is 11.4. The highest BCUT2D eigenvalue weighted by Gasteiger charge is 2.26. The number of hydrogen-bond donors (Lipinski definition) is 3. The first kappa shape index (κ1) is 24.7. The third-order valence-corrected chi connectivity index (χ3v) is 6.25. The van der Waals surface area contributed by atoms with Crippen molar-refractivity contribution in [3.63, 3.8) is 0 Å². The van der Waals surface area contributed by atoms with Crippen molar-refractivity contribution in [2.24, 2.45) is 0 Å². The summed E-state index contributed by atoms with van der Waals surface area (Å²) in [5.41, 5.74) is 4.40. The number of likely N-dealkylation sites (tertiary alicyclic amines) is 1. The Labute approximate surface area is 210 Å². The fourth-order valence-electron chi connectivity index (χ4n) is 4.24. The number of amides is 3. The number of rotatable bonds is 7. The van der Waals surface area contributed by atoms with Crippen LogP contribution in [0.1, 0.15) is 39.9 Å². The molecule has 1 heterocycles. The number of carbonyl (C=O) groups is 3. The molecule has 1 saturated heterocycles. The zero-order valence-corrected chi connectivity index (χ0v) is 20.1. The molecule has 4 rings (SSSR count). The molecule has 1 aliphatic heterocycles. The molecule has 0 radical (unpaired) electrons. The van der Waals surface area contributed by atoms with Crippen LogP contribution in [-0.2, 0) is 11.2 Å². The Morgan fingerprint density at radius 2 is 1.69 bits per heavy atom. The highest BCUT2D eigenvalue weighted by atomic mass is 16.4. The minimum absolute atomic E-state index is 0.0164. The van der Waals surface area contributed by atoms with Crippen molar-refractivity contribution >= 4 is 35.4 Å². The van der Waals surface area contributed by atoms with Crippen LogP contribution in [-0.4, -0.2) is 40.5 Å². The summed E-state index contributed by atoms with van der Waals surface area (Å²) in [4.78, 5) is 38.2. The van der Waals surface area contributed by atoms with Crippen LogP contribution in [0, 0.1) is 6.92 Å². The van der Waals surface area contributed by atoms with Crippen LogP contribution in [0.2, 0.25) is 0 Å². The van der Waals surface area contributed by atoms with Crippen LogP contribution in [0.4, 0.5) is 16.2 Å². The van der Waals surface area contributed by atoms with E-state index in [1.54, 1.807) is 36.4 Å². The lowest BCUT2D eigenvalue weighted by Crippen LogP contribution is -2.35. The van der Waals surface area contributed by atoms with E-state index in [0.717, 1.165) is 35.2 Å². The number of nitrogens with one attached hydrogen (secondary N) is 2. The molecule has 0 aliphatic carbocycles. The number of anilines is 2. The summed E-state index contributed by atoms with van der Waals surface area (Å²) in [7, 11) is 0. The molecule has 3 aromatic rings. The predicted molar refractivity (Wildman–Crippen MR) is 141 cm³/mol. The summed E-state index contributed by atoms with van der Waals surface area (Å²) >= 11 is 0. The molecule has 3 amide bonds. The fraction of sp³-hybridized carbons (Fsp3) is 0.207. The average Bonchev–Trinajstić information content (AvgIpc) is 3.34. The van der Waals surface area contributed by atoms with Gasteiger partial charge in [-0.1, -0.05) is 54.6 Å². The summed E-state index contributed by atoms with van der Waals surface area (Å²) in [6.07, 6.45) is 6.07. The third-order valence-electron chi connectivity index (χ3n) is 6.25. The predicted octanol–water partition coefficient (Wildman–Crippen LogP) is 5.58. The van der Waals surface area contributed by atoms with E-state index in [0.29, 0.717) is 12.2 Å². The number of hydrogen-bond acceptors (Lipinski definition) is 3. The topological polar surface area (TPSA) is 98.7 Å². The van der Waals surface area contributed by atoms with Crippen LogP contribution in [0.3, 0.4) is 0 Å². The molecule has 1 unspecified atom stereocenters. The van der Waals surface area contributed by atoms with E-state index in [4.69, 9.17) is 5.11 Å². The highest BCUT2D eigenvalue weighted by molar-refractivity contribution is 6.00. The van der Waals surface area contributed by atoms with Gasteiger partial charge in [0.2, 0.25) is 5.91 Å². The van der Waals surface area contributed by atoms with Crippen molar-refractivity contribution in [2.75, 3.05) is 17.2 Å². The fourth-order valence-corrected chi connectivity index (χ4v) is 4.24. The van der Waals surface area contributed by atoms with Crippen LogP contribution in [0.25, 0.3) is 6.08 Å². The van der Waals surface area contributed by atoms with Gasteiger partial charge in [-0.15, -0.1) is 0 Å². The van der Waals surface area contributed by atoms with Gasteiger partial charge in [0, 0.05) is 17.9 Å². The molecule has 0 saturated carbocycles. The van der Waals surface area contributed by atoms with Crippen LogP contribution in [0.15, 0.2) is 78.9 Å². The van der Waals surface area contributed by atoms with Gasteiger partial charge in [-0.3, -0.25) is 4.79 Å². The average molecular weight is 484 g/mol. The number of para-hydroxylation sites is 1. The zero-order chi connectivity index (χ0) is 25.5. The summed E-state index contributed by atoms with van der Waals surface area (Å²) < 4.78 is 0. The molecule has 1 atom stereocenters. The third kappa shape index (κ3) is 6.39. The van der Waals surface area contributed by atoms with E-state index in [9.17, 15) is 14.4 Å². The van der Waals surface area contributed by atoms with Gasteiger partial charge >= 0.3 is 12.0 Å². The van der Waals surface area contributed by atoms with E-state index in [1.807, 2.05) is 60.4 Å². The molecule has 0 spiro atoms. The largest absolute Gasteiger partial charge is 0.478 e. The Kier molecular flexibility index (Phi) is 7.80. The summed E-state index contributed by atoms with van der Waals surface area (Å²) in [5, 5.41) is 14.7. The molecule has 7 heteroatoms. The quantitative estimate of drug-likeness (QED) is 0.408. The molecule has 3 N–H and O–H groups in total. The van der Waals surface area contributed by atoms with Gasteiger partial charge in [-0.25, -0.2) is 9.59 Å². The molecule has 1 aliphatic rings. The molecule has 184 valence electrons. The smallest absolute Gasteiger partial charge is 0.335 e. The highest BCUT2D eigenvalue weighted by Crippen LogP contribution is 2.22. The van der Waals surface area contributed by atoms with Crippen molar-refractivity contribution < 1.29 is 19.5 Å². The number of nitrogens with zero attached hydrogens (tertiary/aromatic N) is 1. The maximum Gasteiger partial charge on any atom is 0.335 e. The van der Waals surface area contributed by atoms with E-state index >= 15 is 0 Å². The Morgan fingerprint density at radius 3 is 2.39 bits per heavy atom. The first-order valence-electron chi connectivity index (χ1n) is 11.9. The standard InChI is InChI=1S/C29H29N3O4/c1-20-5-2-3-7-26(20)31-29(36)30-24-15-10-22(11-16-24)19-27(33)32-18-4-6-25(32)17-12-21-8-13-23(14-9-21)28(34)35/h2-3,5,7-17,25H,4,6,18-19H2,1H3,(H,34,35)(H2,30,31,36)/b17-12+. The van der Waals surface area contributed by atoms with E-state index < -0.39 is 5.97 Å². The van der Waals surface area contributed by atoms with Gasteiger partial charge in [0.15, 0.2) is 0 Å². The van der Waals surface area contributed by atoms with Gasteiger partial charge in [-0.2, -0.15) is 0 Å². The monoisotopic (exact) mass is 483 g/mol. The van der Waals surface area contributed by atoms with E-state index in [2.05, 4.69) is 10.6 Å². The van der Waals surface area contributed by atoms with Gasteiger partial charge in [-0.05, 0) is 66.8 Å². The SMILES string of the molecule is Cc1ccccc1NC(=O)Nc1ccc(CC(=O)N2CCCC2/C=C/c2ccc(C(=O)O)cc2)cc1. The lowest BCUT2D eigenvalue weighted by atomic mass is 10.1. The maximum atomic E-state index is 13.0. The Morgan fingerprint density at radius 1 is 0.972 bits per heavy atom. The Hall–Kier alpha value is -4.39. The second-order valence-electron chi connectivity index (χ2n) is 8.85. The molecular formula is C29H29N3O4. The van der Waals surface area contributed by atoms with E-state index in [-0.39, 0.29) is 30.0 Å². The second-order valence-corrected chi connectivity index (χ2v) is 8.85. The number of aryl methyl sites for hydroxylation is 1. The number of urea groups is 1. The molecule has 3 aromatic carbocycles. The molecule has 1 fully saturated rings. The molecule has 7 nitrogen and oxygen atoms in total. The number of benzene rings is 3. The van der Waals surface area contributed by atoms with Crippen molar-refractivity contribution in [1.82, 2.24) is 4.90 Å². The van der Waals surface area contributed by atoms with Gasteiger partial charge < -0.3 is 20.6 Å². The molecule has 36 heavy (non-hydrogen) atoms. The maximum absolute atomic E-state index is 13.0. The van der Waals surface area contributed by atoms with Gasteiger partial charge in [0.1, 0.15) is 0 Å². The molecule has 0 aromatic heterocycles. The molecule has 0 bridgehead atoms. The molecular weight excluding hydrogens is 454 g/mol. The van der Waals surface area contributed by atoms with E-state index in [1.165, 1.54) is 0 Å². The van der Waals surface area contributed by atoms with Crippen LogP contribution >= 0.6 is 0 Å². The summed E-state index contributed by atoms with van der Waals surface area (Å²) in [6, 6.07) is 21.2. The van der Waals surface area contributed by atoms with Crippen molar-refractivity contribution in [2.45, 2.75) is 32.2 Å². The summed E-state index contributed by atoms with van der Waals surface area (Å²) in [6.45, 7) is 2.64. The minimum Gasteiger partial charge on any atom is -0.478 e. The van der Waals surface area contributed by atoms with Crippen LogP contribution in [0.5, 0.6) is 0 Å². The minimum atomic E-state index is -0.951. The summed E-state index contributed by atoms with van der Waals surface area (Å²) in [5.74, 6) is -0.895. The normalized spacial score (nSPS) is 15.1. The van der Waals surface area contributed by atoms with Gasteiger partial charge in [0.05, 0.1) is 18.0 Å². The number of carboxylic acid groups (broad SMARTS) is 1. The zero-order valence-electron chi connectivity index (χ0n) is 20.1. The van der Waals surface area contributed by atoms with Crippen LogP contribution < -0.4 is 10.6 Å². The Balaban J connectivity index is 1.31. The lowest BCUT2D eigenvalue weighted by molar-refractivity contribution is -0.130. The number of aromatic carboxylic acids is 1. The van der Waals surface area contributed by atoms with Crippen molar-refractivity contribution in [3.8, 4) is 0 Å².